The molecule has 0 atom stereocenters. The molecule has 0 radical (unpaired) electrons. The first-order chi connectivity index (χ1) is 7.22. The summed E-state index contributed by atoms with van der Waals surface area (Å²) in [4.78, 5) is 1.31. The van der Waals surface area contributed by atoms with Crippen LogP contribution in [-0.4, -0.2) is 10.8 Å². The molecule has 0 N–H and O–H groups in total. The van der Waals surface area contributed by atoms with E-state index in [1.54, 1.807) is 11.8 Å². The van der Waals surface area contributed by atoms with Crippen LogP contribution < -0.4 is 0 Å². The molecular weight excluding hydrogens is 202 g/mol. The Morgan fingerprint density at radius 2 is 1.40 bits per heavy atom. The molecule has 1 aromatic heterocycles. The summed E-state index contributed by atoms with van der Waals surface area (Å²) in [6.45, 7) is 4.27. The highest BCUT2D eigenvalue weighted by Crippen LogP contribution is 2.20. The number of aromatic nitrogens is 1. The normalized spacial score (nSPS) is 10.6. The van der Waals surface area contributed by atoms with E-state index in [0.29, 0.717) is 0 Å². The van der Waals surface area contributed by atoms with Crippen molar-refractivity contribution in [3.8, 4) is 5.69 Å². The van der Waals surface area contributed by atoms with Gasteiger partial charge in [0.15, 0.2) is 0 Å². The van der Waals surface area contributed by atoms with Crippen LogP contribution in [0.1, 0.15) is 11.4 Å². The van der Waals surface area contributed by atoms with Crippen molar-refractivity contribution < 1.29 is 0 Å². The molecule has 0 unspecified atom stereocenters. The SMILES string of the molecule is CSc1ccc(-n2c(C)ccc2C)cc1. The summed E-state index contributed by atoms with van der Waals surface area (Å²) in [7, 11) is 0. The van der Waals surface area contributed by atoms with Gasteiger partial charge in [-0.2, -0.15) is 0 Å². The fourth-order valence-electron chi connectivity index (χ4n) is 1.81. The van der Waals surface area contributed by atoms with Gasteiger partial charge >= 0.3 is 0 Å². The number of thioether (sulfide) groups is 1. The lowest BCUT2D eigenvalue weighted by molar-refractivity contribution is 0.964. The van der Waals surface area contributed by atoms with Crippen molar-refractivity contribution in [2.24, 2.45) is 0 Å². The van der Waals surface area contributed by atoms with Crippen molar-refractivity contribution >= 4 is 11.8 Å². The summed E-state index contributed by atoms with van der Waals surface area (Å²) in [5, 5.41) is 0. The van der Waals surface area contributed by atoms with Gasteiger partial charge in [0.25, 0.3) is 0 Å². The molecule has 2 aromatic rings. The minimum absolute atomic E-state index is 1.24. The fourth-order valence-corrected chi connectivity index (χ4v) is 2.22. The van der Waals surface area contributed by atoms with Crippen molar-refractivity contribution in [2.75, 3.05) is 6.26 Å². The Balaban J connectivity index is 2.45. The van der Waals surface area contributed by atoms with Gasteiger partial charge in [-0.05, 0) is 56.5 Å². The van der Waals surface area contributed by atoms with E-state index in [4.69, 9.17) is 0 Å². The highest BCUT2D eigenvalue weighted by molar-refractivity contribution is 7.98. The third-order valence-electron chi connectivity index (χ3n) is 2.60. The third-order valence-corrected chi connectivity index (χ3v) is 3.35. The molecule has 0 saturated carbocycles. The van der Waals surface area contributed by atoms with Crippen LogP contribution in [0.3, 0.4) is 0 Å². The Bertz CT molecular complexity index is 434. The highest BCUT2D eigenvalue weighted by Gasteiger charge is 2.02. The average molecular weight is 217 g/mol. The van der Waals surface area contributed by atoms with E-state index < -0.39 is 0 Å². The summed E-state index contributed by atoms with van der Waals surface area (Å²) in [6, 6.07) is 13.0. The van der Waals surface area contributed by atoms with Gasteiger partial charge in [-0.3, -0.25) is 0 Å². The van der Waals surface area contributed by atoms with Crippen LogP contribution in [-0.2, 0) is 0 Å². The molecule has 0 spiro atoms. The maximum atomic E-state index is 2.27. The first-order valence-electron chi connectivity index (χ1n) is 5.02. The van der Waals surface area contributed by atoms with Gasteiger partial charge in [-0.25, -0.2) is 0 Å². The summed E-state index contributed by atoms with van der Waals surface area (Å²) in [5.41, 5.74) is 3.81. The lowest BCUT2D eigenvalue weighted by Crippen LogP contribution is -1.97. The number of rotatable bonds is 2. The number of nitrogens with zero attached hydrogens (tertiary/aromatic N) is 1. The number of hydrogen-bond donors (Lipinski definition) is 0. The zero-order valence-electron chi connectivity index (χ0n) is 9.32. The van der Waals surface area contributed by atoms with Crippen LogP contribution in [0.5, 0.6) is 0 Å². The van der Waals surface area contributed by atoms with Crippen LogP contribution in [0.4, 0.5) is 0 Å². The predicted octanol–water partition coefficient (Wildman–Crippen LogP) is 3.82. The van der Waals surface area contributed by atoms with Crippen LogP contribution in [0, 0.1) is 13.8 Å². The second kappa shape index (κ2) is 4.15. The fraction of sp³-hybridized carbons (Fsp3) is 0.231. The van der Waals surface area contributed by atoms with Crippen molar-refractivity contribution in [3.63, 3.8) is 0 Å². The van der Waals surface area contributed by atoms with Crippen LogP contribution in [0.25, 0.3) is 5.69 Å². The van der Waals surface area contributed by atoms with Gasteiger partial charge < -0.3 is 4.57 Å². The van der Waals surface area contributed by atoms with E-state index in [9.17, 15) is 0 Å². The topological polar surface area (TPSA) is 4.93 Å². The molecule has 0 aliphatic rings. The summed E-state index contributed by atoms with van der Waals surface area (Å²) >= 11 is 1.77. The molecular formula is C13H15NS. The predicted molar refractivity (Wildman–Crippen MR) is 67.0 cm³/mol. The molecule has 0 fully saturated rings. The first-order valence-corrected chi connectivity index (χ1v) is 6.24. The van der Waals surface area contributed by atoms with Crippen molar-refractivity contribution in [1.29, 1.82) is 0 Å². The number of hydrogen-bond acceptors (Lipinski definition) is 1. The molecule has 0 aliphatic heterocycles. The quantitative estimate of drug-likeness (QED) is 0.692. The molecule has 1 heterocycles. The van der Waals surface area contributed by atoms with Gasteiger partial charge in [-0.1, -0.05) is 0 Å². The standard InChI is InChI=1S/C13H15NS/c1-10-4-5-11(2)14(10)12-6-8-13(15-3)9-7-12/h4-9H,1-3H3. The molecule has 2 heteroatoms. The van der Waals surface area contributed by atoms with Gasteiger partial charge in [0, 0.05) is 22.0 Å². The molecule has 0 amide bonds. The molecule has 15 heavy (non-hydrogen) atoms. The summed E-state index contributed by atoms with van der Waals surface area (Å²) < 4.78 is 2.27. The second-order valence-corrected chi connectivity index (χ2v) is 4.53. The summed E-state index contributed by atoms with van der Waals surface area (Å²) in [6.07, 6.45) is 2.10. The minimum Gasteiger partial charge on any atom is -0.319 e. The largest absolute Gasteiger partial charge is 0.319 e. The maximum absolute atomic E-state index is 2.27. The zero-order chi connectivity index (χ0) is 10.8. The Morgan fingerprint density at radius 3 is 1.87 bits per heavy atom. The first kappa shape index (κ1) is 10.4. The van der Waals surface area contributed by atoms with E-state index in [1.165, 1.54) is 22.0 Å². The van der Waals surface area contributed by atoms with E-state index in [0.717, 1.165) is 0 Å². The smallest absolute Gasteiger partial charge is 0.0455 e. The molecule has 78 valence electrons. The lowest BCUT2D eigenvalue weighted by atomic mass is 10.3. The number of benzene rings is 1. The highest BCUT2D eigenvalue weighted by atomic mass is 32.2. The van der Waals surface area contributed by atoms with Gasteiger partial charge in [0.1, 0.15) is 0 Å². The van der Waals surface area contributed by atoms with Gasteiger partial charge in [0.2, 0.25) is 0 Å². The molecule has 0 bridgehead atoms. The molecule has 1 aromatic carbocycles. The van der Waals surface area contributed by atoms with E-state index in [-0.39, 0.29) is 0 Å². The average Bonchev–Trinajstić information content (AvgIpc) is 2.59. The maximum Gasteiger partial charge on any atom is 0.0455 e. The van der Waals surface area contributed by atoms with E-state index in [1.807, 2.05) is 0 Å². The Kier molecular flexibility index (Phi) is 2.87. The zero-order valence-corrected chi connectivity index (χ0v) is 10.1. The third kappa shape index (κ3) is 1.95. The molecule has 2 rings (SSSR count). The minimum atomic E-state index is 1.24. The number of aryl methyl sites for hydroxylation is 2. The summed E-state index contributed by atoms with van der Waals surface area (Å²) in [5.74, 6) is 0. The Hall–Kier alpha value is -1.15. The van der Waals surface area contributed by atoms with Crippen LogP contribution >= 0.6 is 11.8 Å². The van der Waals surface area contributed by atoms with Crippen LogP contribution in [0.2, 0.25) is 0 Å². The van der Waals surface area contributed by atoms with Gasteiger partial charge in [-0.15, -0.1) is 11.8 Å². The van der Waals surface area contributed by atoms with E-state index >= 15 is 0 Å². The monoisotopic (exact) mass is 217 g/mol. The second-order valence-electron chi connectivity index (χ2n) is 3.65. The molecule has 1 nitrogen and oxygen atoms in total. The Labute approximate surface area is 95.1 Å². The Morgan fingerprint density at radius 1 is 0.867 bits per heavy atom. The molecule has 0 aliphatic carbocycles. The van der Waals surface area contributed by atoms with Crippen molar-refractivity contribution in [3.05, 3.63) is 47.8 Å². The van der Waals surface area contributed by atoms with E-state index in [2.05, 4.69) is 61.1 Å². The molecule has 0 saturated heterocycles. The van der Waals surface area contributed by atoms with Crippen molar-refractivity contribution in [2.45, 2.75) is 18.7 Å². The lowest BCUT2D eigenvalue weighted by Gasteiger charge is -2.09. The van der Waals surface area contributed by atoms with Crippen molar-refractivity contribution in [1.82, 2.24) is 4.57 Å². The van der Waals surface area contributed by atoms with Gasteiger partial charge in [0.05, 0.1) is 0 Å². The van der Waals surface area contributed by atoms with Crippen LogP contribution in [0.15, 0.2) is 41.3 Å².